The number of nitriles is 4. The molecule has 11 aromatic rings. The number of hydrogen-bond donors (Lipinski definition) is 7. The van der Waals surface area contributed by atoms with Crippen LogP contribution in [-0.2, 0) is 27.7 Å². The van der Waals surface area contributed by atoms with E-state index in [0.29, 0.717) is 79.2 Å². The first-order valence-electron chi connectivity index (χ1n) is 25.4. The molecular formula is C61H53F2N15O9. The third kappa shape index (κ3) is 14.5. The van der Waals surface area contributed by atoms with Gasteiger partial charge in [0.15, 0.2) is 0 Å². The molecule has 0 aliphatic carbocycles. The van der Waals surface area contributed by atoms with Crippen molar-refractivity contribution in [2.45, 2.75) is 27.4 Å². The number of nitrogens with zero attached hydrogens (tertiary/aromatic N) is 10. The van der Waals surface area contributed by atoms with Gasteiger partial charge in [0.25, 0.3) is 5.69 Å². The van der Waals surface area contributed by atoms with Crippen molar-refractivity contribution in [3.8, 4) is 41.5 Å². The minimum absolute atomic E-state index is 0.0224. The van der Waals surface area contributed by atoms with Crippen LogP contribution < -0.4 is 27.7 Å². The predicted octanol–water partition coefficient (Wildman–Crippen LogP) is 11.8. The number of nitrogen functional groups attached to an aromatic ring is 4. The molecule has 0 bridgehead atoms. The number of halogens is 2. The van der Waals surface area contributed by atoms with Crippen LogP contribution in [0.1, 0.15) is 44.5 Å². The fraction of sp³-hybridized carbons (Fsp3) is 0.115. The quantitative estimate of drug-likeness (QED) is 0.0600. The predicted molar refractivity (Wildman–Crippen MR) is 325 cm³/mol. The molecule has 0 saturated heterocycles. The smallest absolute Gasteiger partial charge is 0.305 e. The lowest BCUT2D eigenvalue weighted by atomic mass is 10.1. The molecular weight excluding hydrogens is 1120 g/mol. The molecule has 11 rings (SSSR count). The number of fused-ring (bicyclic) bond motifs is 4. The van der Waals surface area contributed by atoms with Gasteiger partial charge in [0.05, 0.1) is 31.3 Å². The van der Waals surface area contributed by atoms with Gasteiger partial charge in [0, 0.05) is 78.5 Å². The first-order valence-corrected chi connectivity index (χ1v) is 25.4. The number of rotatable bonds is 6. The minimum Gasteiger partial charge on any atom is -0.508 e. The number of anilines is 4. The number of hydrogen-bond acceptors (Lipinski definition) is 17. The summed E-state index contributed by atoms with van der Waals surface area (Å²) in [4.78, 5) is 31.8. The highest BCUT2D eigenvalue weighted by Gasteiger charge is 2.17. The summed E-state index contributed by atoms with van der Waals surface area (Å²) in [5, 5.41) is 88.1. The summed E-state index contributed by atoms with van der Waals surface area (Å²) in [7, 11) is 5.45. The molecule has 26 heteroatoms. The van der Waals surface area contributed by atoms with E-state index in [-0.39, 0.29) is 23.8 Å². The normalized spacial score (nSPS) is 10.2. The summed E-state index contributed by atoms with van der Waals surface area (Å²) < 4.78 is 36.2. The van der Waals surface area contributed by atoms with Crippen molar-refractivity contribution >= 4 is 83.9 Å². The first kappa shape index (κ1) is 63.5. The SMILES string of the molecule is Cc1ccc([N+](=O)[O-])c(F)c1.Cc1ccc2[nH]c(N)c(C#N)c2c1.Cc1ccc2c(c1)c(C#N)c(N)n2C.Cn1c(N)c(C#N)c2cc(O)ccc21.Cn1c(N)c(C#N)c2cc(OCc3cccc([N+](=O)[O-])c3)ccc21.O=[N+]([O-])c1ccc(O)cc1F. The average Bonchev–Trinajstić information content (AvgIpc) is 2.02. The first-order chi connectivity index (χ1) is 41.2. The number of benzene rings is 7. The molecule has 0 radical (unpaired) electrons. The number of non-ortho nitro benzene ring substituents is 1. The lowest BCUT2D eigenvalue weighted by Gasteiger charge is -2.07. The summed E-state index contributed by atoms with van der Waals surface area (Å²) in [5.41, 5.74) is 31.2. The van der Waals surface area contributed by atoms with Crippen molar-refractivity contribution < 1.29 is 38.5 Å². The minimum atomic E-state index is -1.03. The highest BCUT2D eigenvalue weighted by atomic mass is 19.1. The average molecular weight is 1180 g/mol. The van der Waals surface area contributed by atoms with Crippen LogP contribution in [0.15, 0.2) is 133 Å². The molecule has 7 aromatic carbocycles. The molecule has 87 heavy (non-hydrogen) atoms. The molecule has 11 N–H and O–H groups in total. The Hall–Kier alpha value is -12.7. The van der Waals surface area contributed by atoms with Gasteiger partial charge in [-0.1, -0.05) is 41.5 Å². The Bertz CT molecular complexity index is 4490. The summed E-state index contributed by atoms with van der Waals surface area (Å²) in [6.45, 7) is 5.86. The van der Waals surface area contributed by atoms with E-state index in [2.05, 4.69) is 23.2 Å². The van der Waals surface area contributed by atoms with E-state index in [4.69, 9.17) is 48.6 Å². The zero-order valence-corrected chi connectivity index (χ0v) is 47.2. The molecule has 0 amide bonds. The van der Waals surface area contributed by atoms with Gasteiger partial charge in [-0.25, -0.2) is 0 Å². The van der Waals surface area contributed by atoms with Crippen molar-refractivity contribution in [3.05, 3.63) is 220 Å². The standard InChI is InChI=1S/C17H14N4O3.C11H11N3.C10H9N3O.C10H9N3.C7H6FNO2.C6H4FNO3/c1-20-16-6-5-13(8-14(16)15(9-18)17(20)19)24-10-11-3-2-4-12(7-11)21(22)23;1-7-3-4-10-8(5-7)9(6-12)11(13)14(10)2;1-13-9-3-2-6(14)4-7(9)8(5-11)10(13)12;1-6-2-3-9-7(4-6)8(5-11)10(12)13-9;1-5-2-3-7(9(10)11)6(8)4-5;7-5-3-4(9)1-2-6(5)8(10)11/h2-8H,10,19H2,1H3;3-5H,13H2,1-2H3;2-4,14H,12H2,1H3;2-4,13H,12H2,1H3;2-4H,1H3;1-3,9H. The van der Waals surface area contributed by atoms with Crippen LogP contribution in [0.2, 0.25) is 0 Å². The number of phenols is 2. The summed E-state index contributed by atoms with van der Waals surface area (Å²) in [6, 6.07) is 43.2. The molecule has 440 valence electrons. The molecule has 0 spiro atoms. The maximum Gasteiger partial charge on any atom is 0.305 e. The Morgan fingerprint density at radius 2 is 0.943 bits per heavy atom. The topological polar surface area (TPSA) is 409 Å². The van der Waals surface area contributed by atoms with Crippen LogP contribution in [-0.4, -0.2) is 43.7 Å². The van der Waals surface area contributed by atoms with Crippen LogP contribution in [0.3, 0.4) is 0 Å². The van der Waals surface area contributed by atoms with Gasteiger partial charge in [0.1, 0.15) is 93.7 Å². The Kier molecular flexibility index (Phi) is 20.0. The fourth-order valence-electron chi connectivity index (χ4n) is 8.69. The lowest BCUT2D eigenvalue weighted by molar-refractivity contribution is -0.387. The third-order valence-electron chi connectivity index (χ3n) is 13.2. The van der Waals surface area contributed by atoms with Crippen LogP contribution in [0.4, 0.5) is 49.1 Å². The Balaban J connectivity index is 0.000000171. The zero-order valence-electron chi connectivity index (χ0n) is 47.2. The molecule has 0 aliphatic heterocycles. The van der Waals surface area contributed by atoms with Crippen LogP contribution in [0, 0.1) is 108 Å². The van der Waals surface area contributed by atoms with Gasteiger partial charge >= 0.3 is 11.4 Å². The number of nitrogens with two attached hydrogens (primary N) is 4. The van der Waals surface area contributed by atoms with E-state index in [9.17, 15) is 49.5 Å². The van der Waals surface area contributed by atoms with E-state index in [0.717, 1.165) is 68.2 Å². The number of aryl methyl sites for hydroxylation is 6. The summed E-state index contributed by atoms with van der Waals surface area (Å²) in [5.74, 6) is 0.376. The number of aromatic nitrogens is 4. The molecule has 0 fully saturated rings. The van der Waals surface area contributed by atoms with Crippen LogP contribution in [0.5, 0.6) is 17.2 Å². The van der Waals surface area contributed by atoms with Crippen molar-refractivity contribution in [2.24, 2.45) is 21.1 Å². The molecule has 4 aromatic heterocycles. The molecule has 0 atom stereocenters. The maximum absolute atomic E-state index is 12.7. The number of phenolic OH excluding ortho intramolecular Hbond substituents is 2. The van der Waals surface area contributed by atoms with E-state index in [1.807, 2.05) is 74.0 Å². The van der Waals surface area contributed by atoms with Gasteiger partial charge < -0.3 is 56.6 Å². The van der Waals surface area contributed by atoms with E-state index < -0.39 is 37.8 Å². The number of H-pyrrole nitrogens is 1. The molecule has 0 unspecified atom stereocenters. The summed E-state index contributed by atoms with van der Waals surface area (Å²) >= 11 is 0. The second-order valence-electron chi connectivity index (χ2n) is 19.1. The Morgan fingerprint density at radius 3 is 1.45 bits per heavy atom. The van der Waals surface area contributed by atoms with Crippen molar-refractivity contribution in [1.29, 1.82) is 21.0 Å². The van der Waals surface area contributed by atoms with Crippen molar-refractivity contribution in [1.82, 2.24) is 18.7 Å². The number of nitrogens with one attached hydrogen (secondary N) is 1. The largest absolute Gasteiger partial charge is 0.508 e. The molecule has 0 aliphatic rings. The number of ether oxygens (including phenoxy) is 1. The third-order valence-corrected chi connectivity index (χ3v) is 13.2. The maximum atomic E-state index is 12.7. The Labute approximate surface area is 493 Å². The van der Waals surface area contributed by atoms with Gasteiger partial charge in [-0.3, -0.25) is 30.3 Å². The van der Waals surface area contributed by atoms with Crippen LogP contribution in [0.25, 0.3) is 43.6 Å². The Morgan fingerprint density at radius 1 is 0.517 bits per heavy atom. The van der Waals surface area contributed by atoms with Gasteiger partial charge in [-0.15, -0.1) is 0 Å². The van der Waals surface area contributed by atoms with Crippen molar-refractivity contribution in [3.63, 3.8) is 0 Å². The van der Waals surface area contributed by atoms with Gasteiger partial charge in [0.2, 0.25) is 11.6 Å². The molecule has 0 saturated carbocycles. The summed E-state index contributed by atoms with van der Waals surface area (Å²) in [6.07, 6.45) is 0. The second kappa shape index (κ2) is 27.4. The monoisotopic (exact) mass is 1180 g/mol. The highest BCUT2D eigenvalue weighted by Crippen LogP contribution is 2.32. The number of nitro benzene ring substituents is 3. The zero-order chi connectivity index (χ0) is 64.1. The van der Waals surface area contributed by atoms with E-state index in [1.165, 1.54) is 18.2 Å². The van der Waals surface area contributed by atoms with Crippen molar-refractivity contribution in [2.75, 3.05) is 22.9 Å². The van der Waals surface area contributed by atoms with E-state index >= 15 is 0 Å². The van der Waals surface area contributed by atoms with E-state index in [1.54, 1.807) is 72.6 Å². The molecule has 4 heterocycles. The molecule has 24 nitrogen and oxygen atoms in total. The number of aromatic hydroxyl groups is 2. The van der Waals surface area contributed by atoms with Crippen LogP contribution >= 0.6 is 0 Å². The lowest BCUT2D eigenvalue weighted by Crippen LogP contribution is -1.97. The number of nitro groups is 3. The van der Waals surface area contributed by atoms with Gasteiger partial charge in [-0.05, 0) is 105 Å². The fourth-order valence-corrected chi connectivity index (χ4v) is 8.69. The second-order valence-corrected chi connectivity index (χ2v) is 19.1. The number of aromatic amines is 1. The van der Waals surface area contributed by atoms with Gasteiger partial charge in [-0.2, -0.15) is 29.8 Å². The highest BCUT2D eigenvalue weighted by molar-refractivity contribution is 5.95.